The molecule has 1 aliphatic heterocycles. The highest BCUT2D eigenvalue weighted by Crippen LogP contribution is 2.21. The van der Waals surface area contributed by atoms with Crippen molar-refractivity contribution >= 4 is 5.91 Å². The van der Waals surface area contributed by atoms with Crippen LogP contribution in [0.25, 0.3) is 11.4 Å². The lowest BCUT2D eigenvalue weighted by molar-refractivity contribution is -0.130. The molecule has 1 amide bonds. The molecule has 0 unspecified atom stereocenters. The highest BCUT2D eigenvalue weighted by molar-refractivity contribution is 5.76. The molecule has 1 aromatic carbocycles. The Kier molecular flexibility index (Phi) is 4.94. The van der Waals surface area contributed by atoms with Crippen LogP contribution in [0.15, 0.2) is 28.8 Å². The lowest BCUT2D eigenvalue weighted by Gasteiger charge is -2.14. The third kappa shape index (κ3) is 3.82. The maximum Gasteiger partial charge on any atom is 0.227 e. The fourth-order valence-electron chi connectivity index (χ4n) is 2.83. The minimum atomic E-state index is -0.391. The van der Waals surface area contributed by atoms with Crippen LogP contribution >= 0.6 is 0 Å². The number of likely N-dealkylation sites (tertiary alicyclic amines) is 1. The summed E-state index contributed by atoms with van der Waals surface area (Å²) in [6.45, 7) is 5.35. The largest absolute Gasteiger partial charge is 0.391 e. The molecule has 0 saturated carbocycles. The summed E-state index contributed by atoms with van der Waals surface area (Å²) in [7, 11) is 0. The molecule has 128 valence electrons. The van der Waals surface area contributed by atoms with Gasteiger partial charge in [0.25, 0.3) is 0 Å². The second-order valence-corrected chi connectivity index (χ2v) is 6.57. The first-order valence-electron chi connectivity index (χ1n) is 8.41. The van der Waals surface area contributed by atoms with E-state index in [0.29, 0.717) is 50.0 Å². The maximum atomic E-state index is 12.1. The van der Waals surface area contributed by atoms with E-state index in [1.54, 1.807) is 4.90 Å². The van der Waals surface area contributed by atoms with Gasteiger partial charge in [0, 0.05) is 31.5 Å². The number of β-amino-alcohol motifs (C(OH)–C–C–N with tert-alkyl or cyclic N) is 1. The van der Waals surface area contributed by atoms with Crippen LogP contribution in [0.4, 0.5) is 0 Å². The quantitative estimate of drug-likeness (QED) is 0.911. The number of nitrogens with zero attached hydrogens (tertiary/aromatic N) is 3. The molecule has 6 nitrogen and oxygen atoms in total. The van der Waals surface area contributed by atoms with Crippen molar-refractivity contribution in [1.29, 1.82) is 0 Å². The zero-order valence-corrected chi connectivity index (χ0v) is 14.1. The number of hydrogen-bond acceptors (Lipinski definition) is 5. The number of rotatable bonds is 5. The van der Waals surface area contributed by atoms with Crippen molar-refractivity contribution in [1.82, 2.24) is 15.0 Å². The second-order valence-electron chi connectivity index (χ2n) is 6.57. The fraction of sp³-hybridized carbons (Fsp3) is 0.500. The van der Waals surface area contributed by atoms with Crippen molar-refractivity contribution < 1.29 is 14.4 Å². The lowest BCUT2D eigenvalue weighted by atomic mass is 10.0. The fourth-order valence-corrected chi connectivity index (χ4v) is 2.83. The molecule has 3 rings (SSSR count). The van der Waals surface area contributed by atoms with E-state index in [1.807, 2.05) is 12.1 Å². The molecule has 1 aromatic heterocycles. The Balaban J connectivity index is 1.58. The average molecular weight is 329 g/mol. The smallest absolute Gasteiger partial charge is 0.227 e. The summed E-state index contributed by atoms with van der Waals surface area (Å²) in [5.74, 6) is 1.51. The summed E-state index contributed by atoms with van der Waals surface area (Å²) in [6.07, 6.45) is 1.00. The predicted octanol–water partition coefficient (Wildman–Crippen LogP) is 2.39. The minimum Gasteiger partial charge on any atom is -0.391 e. The first-order valence-corrected chi connectivity index (χ1v) is 8.41. The van der Waals surface area contributed by atoms with Gasteiger partial charge in [-0.1, -0.05) is 43.3 Å². The third-order valence-corrected chi connectivity index (χ3v) is 4.37. The summed E-state index contributed by atoms with van der Waals surface area (Å²) >= 11 is 0. The van der Waals surface area contributed by atoms with Crippen molar-refractivity contribution in [2.24, 2.45) is 0 Å². The van der Waals surface area contributed by atoms with Gasteiger partial charge in [-0.3, -0.25) is 4.79 Å². The standard InChI is InChI=1S/C18H23N3O3/c1-12(2)13-3-5-14(6-4-13)18-19-16(24-20-18)7-8-17(23)21-10-9-15(22)11-21/h3-6,12,15,22H,7-11H2,1-2H3/t15-/m1/s1. The molecule has 1 fully saturated rings. The molecule has 1 saturated heterocycles. The third-order valence-electron chi connectivity index (χ3n) is 4.37. The first-order chi connectivity index (χ1) is 11.5. The van der Waals surface area contributed by atoms with Gasteiger partial charge in [0.1, 0.15) is 0 Å². The van der Waals surface area contributed by atoms with Crippen LogP contribution in [0.2, 0.25) is 0 Å². The average Bonchev–Trinajstić information content (AvgIpc) is 3.22. The monoisotopic (exact) mass is 329 g/mol. The highest BCUT2D eigenvalue weighted by Gasteiger charge is 2.24. The number of amides is 1. The van der Waals surface area contributed by atoms with E-state index in [2.05, 4.69) is 36.1 Å². The van der Waals surface area contributed by atoms with E-state index >= 15 is 0 Å². The van der Waals surface area contributed by atoms with Crippen LogP contribution in [0.3, 0.4) is 0 Å². The Hall–Kier alpha value is -2.21. The van der Waals surface area contributed by atoms with E-state index in [4.69, 9.17) is 4.52 Å². The Morgan fingerprint density at radius 1 is 1.38 bits per heavy atom. The second kappa shape index (κ2) is 7.13. The molecule has 2 heterocycles. The summed E-state index contributed by atoms with van der Waals surface area (Å²) in [4.78, 5) is 18.1. The molecule has 2 aromatic rings. The van der Waals surface area contributed by atoms with Gasteiger partial charge < -0.3 is 14.5 Å². The van der Waals surface area contributed by atoms with Crippen LogP contribution in [0.1, 0.15) is 44.1 Å². The van der Waals surface area contributed by atoms with Gasteiger partial charge in [-0.2, -0.15) is 4.98 Å². The van der Waals surface area contributed by atoms with Gasteiger partial charge in [0.05, 0.1) is 6.10 Å². The van der Waals surface area contributed by atoms with Crippen LogP contribution in [0, 0.1) is 0 Å². The van der Waals surface area contributed by atoms with Gasteiger partial charge in [0.15, 0.2) is 0 Å². The number of aliphatic hydroxyl groups is 1. The topological polar surface area (TPSA) is 79.5 Å². The molecule has 1 atom stereocenters. The number of aromatic nitrogens is 2. The zero-order chi connectivity index (χ0) is 17.1. The molecule has 0 aliphatic carbocycles. The van der Waals surface area contributed by atoms with Gasteiger partial charge in [-0.05, 0) is 17.9 Å². The predicted molar refractivity (Wildman–Crippen MR) is 89.3 cm³/mol. The van der Waals surface area contributed by atoms with Gasteiger partial charge >= 0.3 is 0 Å². The summed E-state index contributed by atoms with van der Waals surface area (Å²) in [6, 6.07) is 8.11. The summed E-state index contributed by atoms with van der Waals surface area (Å²) in [5.41, 5.74) is 2.17. The highest BCUT2D eigenvalue weighted by atomic mass is 16.5. The normalized spacial score (nSPS) is 17.7. The molecule has 0 radical (unpaired) electrons. The molecule has 1 N–H and O–H groups in total. The summed E-state index contributed by atoms with van der Waals surface area (Å²) in [5, 5.41) is 13.5. The Bertz CT molecular complexity index is 694. The number of benzene rings is 1. The van der Waals surface area contributed by atoms with Crippen molar-refractivity contribution in [3.8, 4) is 11.4 Å². The van der Waals surface area contributed by atoms with E-state index in [9.17, 15) is 9.90 Å². The Labute approximate surface area is 141 Å². The first kappa shape index (κ1) is 16.6. The van der Waals surface area contributed by atoms with E-state index in [0.717, 1.165) is 5.56 Å². The molecular formula is C18H23N3O3. The molecular weight excluding hydrogens is 306 g/mol. The Morgan fingerprint density at radius 2 is 2.12 bits per heavy atom. The van der Waals surface area contributed by atoms with Gasteiger partial charge in [-0.25, -0.2) is 0 Å². The number of carbonyl (C=O) groups is 1. The van der Waals surface area contributed by atoms with Crippen molar-refractivity contribution in [2.45, 2.75) is 45.1 Å². The van der Waals surface area contributed by atoms with E-state index in [1.165, 1.54) is 5.56 Å². The van der Waals surface area contributed by atoms with Crippen LogP contribution in [-0.2, 0) is 11.2 Å². The molecule has 0 bridgehead atoms. The van der Waals surface area contributed by atoms with E-state index < -0.39 is 6.10 Å². The SMILES string of the molecule is CC(C)c1ccc(-c2noc(CCC(=O)N3CC[C@@H](O)C3)n2)cc1. The van der Waals surface area contributed by atoms with E-state index in [-0.39, 0.29) is 5.91 Å². The van der Waals surface area contributed by atoms with Crippen molar-refractivity contribution in [3.05, 3.63) is 35.7 Å². The number of hydrogen-bond donors (Lipinski definition) is 1. The molecule has 6 heteroatoms. The minimum absolute atomic E-state index is 0.0209. The van der Waals surface area contributed by atoms with Crippen LogP contribution in [-0.4, -0.2) is 45.2 Å². The maximum absolute atomic E-state index is 12.1. The molecule has 0 spiro atoms. The van der Waals surface area contributed by atoms with Crippen molar-refractivity contribution in [3.63, 3.8) is 0 Å². The van der Waals surface area contributed by atoms with Crippen molar-refractivity contribution in [2.75, 3.05) is 13.1 Å². The number of aliphatic hydroxyl groups excluding tert-OH is 1. The van der Waals surface area contributed by atoms with Gasteiger partial charge in [0.2, 0.25) is 17.6 Å². The zero-order valence-electron chi connectivity index (χ0n) is 14.1. The Morgan fingerprint density at radius 3 is 2.75 bits per heavy atom. The summed E-state index contributed by atoms with van der Waals surface area (Å²) < 4.78 is 5.25. The van der Waals surface area contributed by atoms with Crippen LogP contribution in [0.5, 0.6) is 0 Å². The van der Waals surface area contributed by atoms with Gasteiger partial charge in [-0.15, -0.1) is 0 Å². The number of carbonyl (C=O) groups excluding carboxylic acids is 1. The van der Waals surface area contributed by atoms with Crippen LogP contribution < -0.4 is 0 Å². The molecule has 1 aliphatic rings. The lowest BCUT2D eigenvalue weighted by Crippen LogP contribution is -2.29. The number of aryl methyl sites for hydroxylation is 1. The molecule has 24 heavy (non-hydrogen) atoms.